The topological polar surface area (TPSA) is 133 Å². The molecule has 108 valence electrons. The minimum atomic E-state index is -0.556. The first-order chi connectivity index (χ1) is 10.0. The zero-order valence-electron chi connectivity index (χ0n) is 10.9. The van der Waals surface area contributed by atoms with E-state index in [-0.39, 0.29) is 28.6 Å². The molecule has 0 saturated carbocycles. The van der Waals surface area contributed by atoms with Crippen LogP contribution in [0.25, 0.3) is 0 Å². The highest BCUT2D eigenvalue weighted by Gasteiger charge is 2.15. The summed E-state index contributed by atoms with van der Waals surface area (Å²) in [5.41, 5.74) is 5.58. The first-order valence-corrected chi connectivity index (χ1v) is 5.72. The fourth-order valence-electron chi connectivity index (χ4n) is 1.54. The standard InChI is InChI=1S/C12H11N5O4/c1-21-10-4-7(17(19)20)2-3-8(10)16-12(18)9-5-15-11(13)6-14-9/h2-6H,1H3,(H2,13,15)(H,16,18). The summed E-state index contributed by atoms with van der Waals surface area (Å²) in [7, 11) is 1.34. The maximum Gasteiger partial charge on any atom is 0.275 e. The van der Waals surface area contributed by atoms with Crippen LogP contribution in [0.2, 0.25) is 0 Å². The van der Waals surface area contributed by atoms with Crippen molar-refractivity contribution >= 4 is 23.1 Å². The van der Waals surface area contributed by atoms with Crippen LogP contribution in [0.1, 0.15) is 10.5 Å². The summed E-state index contributed by atoms with van der Waals surface area (Å²) in [5, 5.41) is 13.2. The number of anilines is 2. The fraction of sp³-hybridized carbons (Fsp3) is 0.0833. The number of non-ortho nitro benzene ring substituents is 1. The Morgan fingerprint density at radius 1 is 1.38 bits per heavy atom. The van der Waals surface area contributed by atoms with Gasteiger partial charge in [0.25, 0.3) is 11.6 Å². The summed E-state index contributed by atoms with van der Waals surface area (Å²) < 4.78 is 5.02. The lowest BCUT2D eigenvalue weighted by molar-refractivity contribution is -0.384. The highest BCUT2D eigenvalue weighted by molar-refractivity contribution is 6.03. The highest BCUT2D eigenvalue weighted by atomic mass is 16.6. The van der Waals surface area contributed by atoms with Gasteiger partial charge in [0.15, 0.2) is 0 Å². The van der Waals surface area contributed by atoms with E-state index in [1.165, 1.54) is 37.7 Å². The maximum absolute atomic E-state index is 12.0. The largest absolute Gasteiger partial charge is 0.494 e. The molecule has 0 aliphatic heterocycles. The molecule has 0 fully saturated rings. The van der Waals surface area contributed by atoms with Crippen molar-refractivity contribution in [2.75, 3.05) is 18.2 Å². The zero-order valence-corrected chi connectivity index (χ0v) is 10.9. The molecule has 0 unspecified atom stereocenters. The molecule has 1 aromatic carbocycles. The minimum absolute atomic E-state index is 0.0598. The van der Waals surface area contributed by atoms with E-state index in [4.69, 9.17) is 10.5 Å². The Labute approximate surface area is 118 Å². The van der Waals surface area contributed by atoms with E-state index in [9.17, 15) is 14.9 Å². The number of rotatable bonds is 4. The number of aromatic nitrogens is 2. The van der Waals surface area contributed by atoms with Gasteiger partial charge in [0.1, 0.15) is 17.3 Å². The van der Waals surface area contributed by atoms with Crippen LogP contribution >= 0.6 is 0 Å². The van der Waals surface area contributed by atoms with Gasteiger partial charge in [-0.2, -0.15) is 0 Å². The molecule has 0 saturated heterocycles. The number of carbonyl (C=O) groups excluding carboxylic acids is 1. The molecule has 0 aliphatic carbocycles. The van der Waals surface area contributed by atoms with Gasteiger partial charge in [0.2, 0.25) is 0 Å². The Bertz CT molecular complexity index is 687. The lowest BCUT2D eigenvalue weighted by atomic mass is 10.2. The second-order valence-corrected chi connectivity index (χ2v) is 3.92. The van der Waals surface area contributed by atoms with E-state index < -0.39 is 10.8 Å². The summed E-state index contributed by atoms with van der Waals surface area (Å²) in [6.07, 6.45) is 2.48. The number of methoxy groups -OCH3 is 1. The Morgan fingerprint density at radius 3 is 2.71 bits per heavy atom. The van der Waals surface area contributed by atoms with Crippen molar-refractivity contribution in [2.24, 2.45) is 0 Å². The van der Waals surface area contributed by atoms with Crippen molar-refractivity contribution in [1.29, 1.82) is 0 Å². The lowest BCUT2D eigenvalue weighted by Gasteiger charge is -2.09. The van der Waals surface area contributed by atoms with E-state index in [2.05, 4.69) is 15.3 Å². The second-order valence-electron chi connectivity index (χ2n) is 3.92. The van der Waals surface area contributed by atoms with Crippen molar-refractivity contribution < 1.29 is 14.5 Å². The fourth-order valence-corrected chi connectivity index (χ4v) is 1.54. The average molecular weight is 289 g/mol. The van der Waals surface area contributed by atoms with E-state index in [1.807, 2.05) is 0 Å². The molecule has 1 heterocycles. The predicted molar refractivity (Wildman–Crippen MR) is 74.0 cm³/mol. The van der Waals surface area contributed by atoms with Gasteiger partial charge in [-0.1, -0.05) is 0 Å². The number of nitro benzene ring substituents is 1. The smallest absolute Gasteiger partial charge is 0.275 e. The third kappa shape index (κ3) is 3.21. The Kier molecular flexibility index (Phi) is 3.93. The number of benzene rings is 1. The van der Waals surface area contributed by atoms with Crippen LogP contribution in [-0.2, 0) is 0 Å². The Balaban J connectivity index is 2.24. The SMILES string of the molecule is COc1cc([N+](=O)[O-])ccc1NC(=O)c1cnc(N)cn1. The summed E-state index contributed by atoms with van der Waals surface area (Å²) >= 11 is 0. The van der Waals surface area contributed by atoms with E-state index >= 15 is 0 Å². The molecule has 0 atom stereocenters. The summed E-state index contributed by atoms with van der Waals surface area (Å²) in [5.74, 6) is -0.171. The quantitative estimate of drug-likeness (QED) is 0.638. The predicted octanol–water partition coefficient (Wildman–Crippen LogP) is 1.23. The Hall–Kier alpha value is -3.23. The molecule has 9 nitrogen and oxygen atoms in total. The van der Waals surface area contributed by atoms with Crippen LogP contribution in [0.4, 0.5) is 17.2 Å². The highest BCUT2D eigenvalue weighted by Crippen LogP contribution is 2.29. The zero-order chi connectivity index (χ0) is 15.4. The molecule has 0 spiro atoms. The Morgan fingerprint density at radius 2 is 2.14 bits per heavy atom. The number of nitrogens with two attached hydrogens (primary N) is 1. The van der Waals surface area contributed by atoms with Gasteiger partial charge < -0.3 is 15.8 Å². The number of ether oxygens (including phenoxy) is 1. The summed E-state index contributed by atoms with van der Waals surface area (Å²) in [4.78, 5) is 29.7. The van der Waals surface area contributed by atoms with E-state index in [1.54, 1.807) is 0 Å². The molecule has 3 N–H and O–H groups in total. The monoisotopic (exact) mass is 289 g/mol. The second kappa shape index (κ2) is 5.82. The van der Waals surface area contributed by atoms with Crippen LogP contribution in [0.5, 0.6) is 5.75 Å². The van der Waals surface area contributed by atoms with Crippen molar-refractivity contribution in [3.63, 3.8) is 0 Å². The maximum atomic E-state index is 12.0. The number of carbonyl (C=O) groups is 1. The molecule has 2 rings (SSSR count). The van der Waals surface area contributed by atoms with Gasteiger partial charge in [0.05, 0.1) is 36.2 Å². The summed E-state index contributed by atoms with van der Waals surface area (Å²) in [6, 6.07) is 3.84. The molecular weight excluding hydrogens is 278 g/mol. The molecule has 0 radical (unpaired) electrons. The van der Waals surface area contributed by atoms with Gasteiger partial charge in [-0.25, -0.2) is 9.97 Å². The molecule has 21 heavy (non-hydrogen) atoms. The lowest BCUT2D eigenvalue weighted by Crippen LogP contribution is -2.15. The van der Waals surface area contributed by atoms with Crippen molar-refractivity contribution in [3.8, 4) is 5.75 Å². The molecule has 9 heteroatoms. The number of nitrogens with one attached hydrogen (secondary N) is 1. The first-order valence-electron chi connectivity index (χ1n) is 5.72. The molecule has 0 aliphatic rings. The summed E-state index contributed by atoms with van der Waals surface area (Å²) in [6.45, 7) is 0. The average Bonchev–Trinajstić information content (AvgIpc) is 2.48. The number of nitro groups is 1. The van der Waals surface area contributed by atoms with Crippen molar-refractivity contribution in [1.82, 2.24) is 9.97 Å². The number of hydrogen-bond donors (Lipinski definition) is 2. The third-order valence-electron chi connectivity index (χ3n) is 2.55. The van der Waals surface area contributed by atoms with E-state index in [0.717, 1.165) is 0 Å². The minimum Gasteiger partial charge on any atom is -0.494 e. The third-order valence-corrected chi connectivity index (χ3v) is 2.55. The van der Waals surface area contributed by atoms with Crippen LogP contribution in [0.3, 0.4) is 0 Å². The molecule has 0 bridgehead atoms. The number of nitrogens with zero attached hydrogens (tertiary/aromatic N) is 3. The number of amides is 1. The van der Waals surface area contributed by atoms with E-state index in [0.29, 0.717) is 0 Å². The van der Waals surface area contributed by atoms with Gasteiger partial charge >= 0.3 is 0 Å². The molecule has 1 amide bonds. The molecular formula is C12H11N5O4. The first kappa shape index (κ1) is 14.2. The van der Waals surface area contributed by atoms with Crippen LogP contribution < -0.4 is 15.8 Å². The van der Waals surface area contributed by atoms with Gasteiger partial charge in [-0.3, -0.25) is 14.9 Å². The molecule has 1 aromatic heterocycles. The van der Waals surface area contributed by atoms with Gasteiger partial charge in [0, 0.05) is 6.07 Å². The van der Waals surface area contributed by atoms with Crippen LogP contribution in [0, 0.1) is 10.1 Å². The van der Waals surface area contributed by atoms with Crippen molar-refractivity contribution in [2.45, 2.75) is 0 Å². The van der Waals surface area contributed by atoms with Crippen LogP contribution in [-0.4, -0.2) is 27.9 Å². The van der Waals surface area contributed by atoms with Crippen LogP contribution in [0.15, 0.2) is 30.6 Å². The number of nitrogen functional groups attached to an aromatic ring is 1. The van der Waals surface area contributed by atoms with Gasteiger partial charge in [-0.05, 0) is 6.07 Å². The van der Waals surface area contributed by atoms with Gasteiger partial charge in [-0.15, -0.1) is 0 Å². The normalized spacial score (nSPS) is 9.95. The molecule has 2 aromatic rings. The number of hydrogen-bond acceptors (Lipinski definition) is 7. The van der Waals surface area contributed by atoms with Crippen molar-refractivity contribution in [3.05, 3.63) is 46.4 Å².